The van der Waals surface area contributed by atoms with E-state index in [1.165, 1.54) is 5.56 Å². The van der Waals surface area contributed by atoms with Gasteiger partial charge in [0.15, 0.2) is 0 Å². The molecule has 0 radical (unpaired) electrons. The van der Waals surface area contributed by atoms with Crippen molar-refractivity contribution in [2.45, 2.75) is 25.3 Å². The van der Waals surface area contributed by atoms with E-state index in [9.17, 15) is 9.59 Å². The molecule has 6 heteroatoms. The number of hydrogen-bond acceptors (Lipinski definition) is 3. The number of hydrogen-bond donors (Lipinski definition) is 1. The summed E-state index contributed by atoms with van der Waals surface area (Å²) in [5.41, 5.74) is 3.26. The SMILES string of the molecule is Cc1ccc(N2C[C@@H](NC(=O)N3CC(c4ccncc4)C3)CC2=O)cc1. The molecule has 2 fully saturated rings. The summed E-state index contributed by atoms with van der Waals surface area (Å²) in [6.45, 7) is 3.95. The molecular weight excluding hydrogens is 328 g/mol. The Bertz CT molecular complexity index is 800. The molecule has 0 unspecified atom stereocenters. The first-order chi connectivity index (χ1) is 12.6. The summed E-state index contributed by atoms with van der Waals surface area (Å²) in [5.74, 6) is 0.426. The first kappa shape index (κ1) is 16.6. The van der Waals surface area contributed by atoms with E-state index in [0.29, 0.717) is 32.0 Å². The lowest BCUT2D eigenvalue weighted by Crippen LogP contribution is -2.54. The van der Waals surface area contributed by atoms with Crippen LogP contribution in [-0.2, 0) is 4.79 Å². The van der Waals surface area contributed by atoms with Gasteiger partial charge in [-0.05, 0) is 36.8 Å². The number of rotatable bonds is 3. The lowest BCUT2D eigenvalue weighted by Gasteiger charge is -2.39. The predicted molar refractivity (Wildman–Crippen MR) is 99.0 cm³/mol. The van der Waals surface area contributed by atoms with Crippen LogP contribution in [0.25, 0.3) is 0 Å². The van der Waals surface area contributed by atoms with Crippen molar-refractivity contribution in [2.75, 3.05) is 24.5 Å². The highest BCUT2D eigenvalue weighted by atomic mass is 16.2. The van der Waals surface area contributed by atoms with Crippen molar-refractivity contribution in [1.82, 2.24) is 15.2 Å². The van der Waals surface area contributed by atoms with Crippen LogP contribution < -0.4 is 10.2 Å². The minimum absolute atomic E-state index is 0.0532. The molecule has 1 aromatic carbocycles. The third-order valence-corrected chi connectivity index (χ3v) is 5.14. The maximum atomic E-state index is 12.4. The largest absolute Gasteiger partial charge is 0.333 e. The fourth-order valence-corrected chi connectivity index (χ4v) is 3.54. The molecule has 1 N–H and O–H groups in total. The van der Waals surface area contributed by atoms with E-state index in [-0.39, 0.29) is 18.0 Å². The molecule has 0 aliphatic carbocycles. The molecular formula is C20H22N4O2. The highest BCUT2D eigenvalue weighted by Gasteiger charge is 2.36. The van der Waals surface area contributed by atoms with Crippen LogP contribution in [0.4, 0.5) is 10.5 Å². The minimum atomic E-state index is -0.142. The van der Waals surface area contributed by atoms with Gasteiger partial charge in [0, 0.05) is 50.1 Å². The standard InChI is InChI=1S/C20H22N4O2/c1-14-2-4-18(5-3-14)24-13-17(10-19(24)25)22-20(26)23-11-16(12-23)15-6-8-21-9-7-15/h2-9,16-17H,10-13H2,1H3,(H,22,26)/t17-/m0/s1. The number of urea groups is 1. The van der Waals surface area contributed by atoms with Crippen molar-refractivity contribution in [3.05, 3.63) is 59.9 Å². The van der Waals surface area contributed by atoms with Gasteiger partial charge < -0.3 is 15.1 Å². The van der Waals surface area contributed by atoms with Gasteiger partial charge in [-0.1, -0.05) is 17.7 Å². The third kappa shape index (κ3) is 3.27. The number of likely N-dealkylation sites (tertiary alicyclic amines) is 1. The van der Waals surface area contributed by atoms with Crippen molar-refractivity contribution in [3.63, 3.8) is 0 Å². The molecule has 4 rings (SSSR count). The van der Waals surface area contributed by atoms with E-state index in [0.717, 1.165) is 11.3 Å². The Morgan fingerprint density at radius 3 is 2.46 bits per heavy atom. The Balaban J connectivity index is 1.30. The van der Waals surface area contributed by atoms with Crippen LogP contribution in [0.2, 0.25) is 0 Å². The molecule has 6 nitrogen and oxygen atoms in total. The molecule has 2 aliphatic heterocycles. The highest BCUT2D eigenvalue weighted by molar-refractivity contribution is 5.96. The number of anilines is 1. The topological polar surface area (TPSA) is 65.5 Å². The number of nitrogens with zero attached hydrogens (tertiary/aromatic N) is 3. The second kappa shape index (κ2) is 6.78. The van der Waals surface area contributed by atoms with Crippen LogP contribution in [0.15, 0.2) is 48.8 Å². The van der Waals surface area contributed by atoms with Gasteiger partial charge in [-0.3, -0.25) is 9.78 Å². The van der Waals surface area contributed by atoms with E-state index in [1.807, 2.05) is 43.3 Å². The molecule has 2 aromatic rings. The van der Waals surface area contributed by atoms with Crippen molar-refractivity contribution >= 4 is 17.6 Å². The average Bonchev–Trinajstić information content (AvgIpc) is 2.95. The van der Waals surface area contributed by atoms with Crippen LogP contribution in [0.5, 0.6) is 0 Å². The summed E-state index contributed by atoms with van der Waals surface area (Å²) in [4.78, 5) is 32.3. The fraction of sp³-hybridized carbons (Fsp3) is 0.350. The maximum Gasteiger partial charge on any atom is 0.317 e. The summed E-state index contributed by atoms with van der Waals surface area (Å²) in [5, 5.41) is 3.01. The molecule has 1 atom stereocenters. The predicted octanol–water partition coefficient (Wildman–Crippen LogP) is 2.30. The number of aryl methyl sites for hydroxylation is 1. The zero-order chi connectivity index (χ0) is 18.1. The highest BCUT2D eigenvalue weighted by Crippen LogP contribution is 2.27. The molecule has 3 heterocycles. The number of aromatic nitrogens is 1. The summed E-state index contributed by atoms with van der Waals surface area (Å²) >= 11 is 0. The molecule has 3 amide bonds. The van der Waals surface area contributed by atoms with Gasteiger partial charge in [-0.15, -0.1) is 0 Å². The van der Waals surface area contributed by atoms with Crippen molar-refractivity contribution < 1.29 is 9.59 Å². The number of carbonyl (C=O) groups excluding carboxylic acids is 2. The van der Waals surface area contributed by atoms with Gasteiger partial charge in [-0.2, -0.15) is 0 Å². The second-order valence-corrected chi connectivity index (χ2v) is 7.07. The van der Waals surface area contributed by atoms with Crippen LogP contribution in [0.1, 0.15) is 23.5 Å². The van der Waals surface area contributed by atoms with Crippen molar-refractivity contribution in [3.8, 4) is 0 Å². The lowest BCUT2D eigenvalue weighted by molar-refractivity contribution is -0.117. The molecule has 134 valence electrons. The molecule has 26 heavy (non-hydrogen) atoms. The average molecular weight is 350 g/mol. The first-order valence-electron chi connectivity index (χ1n) is 8.92. The summed E-state index contributed by atoms with van der Waals surface area (Å²) < 4.78 is 0. The van der Waals surface area contributed by atoms with Crippen molar-refractivity contribution in [2.24, 2.45) is 0 Å². The van der Waals surface area contributed by atoms with Crippen molar-refractivity contribution in [1.29, 1.82) is 0 Å². The number of carbonyl (C=O) groups is 2. The molecule has 0 bridgehead atoms. The quantitative estimate of drug-likeness (QED) is 0.924. The number of benzene rings is 1. The van der Waals surface area contributed by atoms with Crippen LogP contribution >= 0.6 is 0 Å². The van der Waals surface area contributed by atoms with Crippen LogP contribution in [0.3, 0.4) is 0 Å². The number of pyridine rings is 1. The zero-order valence-electron chi connectivity index (χ0n) is 14.8. The van der Waals surface area contributed by atoms with E-state index in [4.69, 9.17) is 0 Å². The Hall–Kier alpha value is -2.89. The van der Waals surface area contributed by atoms with E-state index in [2.05, 4.69) is 10.3 Å². The van der Waals surface area contributed by atoms with Gasteiger partial charge in [-0.25, -0.2) is 4.79 Å². The minimum Gasteiger partial charge on any atom is -0.333 e. The summed E-state index contributed by atoms with van der Waals surface area (Å²) in [6.07, 6.45) is 3.91. The number of nitrogens with one attached hydrogen (secondary N) is 1. The third-order valence-electron chi connectivity index (χ3n) is 5.14. The van der Waals surface area contributed by atoms with E-state index < -0.39 is 0 Å². The molecule has 2 saturated heterocycles. The van der Waals surface area contributed by atoms with Gasteiger partial charge >= 0.3 is 6.03 Å². The Morgan fingerprint density at radius 2 is 1.77 bits per heavy atom. The van der Waals surface area contributed by atoms with Crippen LogP contribution in [0, 0.1) is 6.92 Å². The monoisotopic (exact) mass is 350 g/mol. The Kier molecular flexibility index (Phi) is 4.32. The lowest BCUT2D eigenvalue weighted by atomic mass is 9.93. The summed E-state index contributed by atoms with van der Waals surface area (Å²) in [6, 6.07) is 11.7. The normalized spacial score (nSPS) is 20.2. The van der Waals surface area contributed by atoms with Gasteiger partial charge in [0.2, 0.25) is 5.91 Å². The van der Waals surface area contributed by atoms with E-state index >= 15 is 0 Å². The molecule has 0 spiro atoms. The summed E-state index contributed by atoms with van der Waals surface area (Å²) in [7, 11) is 0. The molecule has 0 saturated carbocycles. The number of amides is 3. The van der Waals surface area contributed by atoms with Gasteiger partial charge in [0.05, 0.1) is 6.04 Å². The molecule has 2 aliphatic rings. The van der Waals surface area contributed by atoms with Gasteiger partial charge in [0.25, 0.3) is 0 Å². The smallest absolute Gasteiger partial charge is 0.317 e. The zero-order valence-corrected chi connectivity index (χ0v) is 14.8. The molecule has 1 aromatic heterocycles. The van der Waals surface area contributed by atoms with Crippen LogP contribution in [-0.4, -0.2) is 47.5 Å². The Labute approximate surface area is 152 Å². The first-order valence-corrected chi connectivity index (χ1v) is 8.92. The van der Waals surface area contributed by atoms with E-state index in [1.54, 1.807) is 22.2 Å². The van der Waals surface area contributed by atoms with Gasteiger partial charge in [0.1, 0.15) is 0 Å². The Morgan fingerprint density at radius 1 is 1.08 bits per heavy atom. The fourth-order valence-electron chi connectivity index (χ4n) is 3.54. The maximum absolute atomic E-state index is 12.4. The second-order valence-electron chi connectivity index (χ2n) is 7.07.